The van der Waals surface area contributed by atoms with E-state index in [4.69, 9.17) is 16.3 Å². The Balaban J connectivity index is 1.94. The Bertz CT molecular complexity index is 1020. The molecule has 168 valence electrons. The summed E-state index contributed by atoms with van der Waals surface area (Å²) in [5.41, 5.74) is 1.40. The molecule has 1 unspecified atom stereocenters. The minimum atomic E-state index is -4.28. The summed E-state index contributed by atoms with van der Waals surface area (Å²) in [6.45, 7) is 1.59. The summed E-state index contributed by atoms with van der Waals surface area (Å²) >= 11 is 6.61. The van der Waals surface area contributed by atoms with Crippen molar-refractivity contribution >= 4 is 46.6 Å². The molecule has 12 heteroatoms. The van der Waals surface area contributed by atoms with Gasteiger partial charge in [-0.3, -0.25) is 9.59 Å². The highest BCUT2D eigenvalue weighted by molar-refractivity contribution is 8.02. The van der Waals surface area contributed by atoms with Crippen LogP contribution in [0.3, 0.4) is 0 Å². The molecule has 1 N–H and O–H groups in total. The molecule has 1 aliphatic carbocycles. The molecule has 1 aromatic heterocycles. The Kier molecular flexibility index (Phi) is 6.78. The van der Waals surface area contributed by atoms with Gasteiger partial charge in [-0.1, -0.05) is 11.6 Å². The summed E-state index contributed by atoms with van der Waals surface area (Å²) in [5, 5.41) is 5.35. The van der Waals surface area contributed by atoms with Crippen LogP contribution < -0.4 is 0 Å². The Morgan fingerprint density at radius 1 is 1.42 bits per heavy atom. The number of carboxylic acid groups (broad SMARTS) is 1. The first-order valence-electron chi connectivity index (χ1n) is 8.80. The number of thiophene rings is 1. The maximum atomic E-state index is 13.3. The zero-order valence-corrected chi connectivity index (χ0v) is 18.5. The van der Waals surface area contributed by atoms with Gasteiger partial charge in [0.25, 0.3) is 5.91 Å². The number of methoxy groups -OCH3 is 1. The Hall–Kier alpha value is -1.98. The minimum Gasteiger partial charge on any atom is -0.496 e. The topological polar surface area (TPSA) is 66.8 Å². The smallest absolute Gasteiger partial charge is 0.358 e. The molecule has 5 nitrogen and oxygen atoms in total. The van der Waals surface area contributed by atoms with E-state index in [9.17, 15) is 32.3 Å². The number of amides is 1. The standard InChI is InChI=1S/C19H16ClF4NO4S2/c1-8-9(6-15(26)27)10-5-13(29-2)11(20)7-12(10)25(8)17(28)14-3-4-16(30-14)31-19(23,24)18(21)22/h3-5,12,18H,6-7H2,1-2H3,(H,26,27). The molecule has 2 heterocycles. The second-order valence-electron chi connectivity index (χ2n) is 6.69. The second kappa shape index (κ2) is 8.87. The predicted molar refractivity (Wildman–Crippen MR) is 109 cm³/mol. The monoisotopic (exact) mass is 497 g/mol. The Morgan fingerprint density at radius 2 is 2.10 bits per heavy atom. The number of fused-ring (bicyclic) bond motifs is 1. The molecule has 2 aliphatic rings. The quantitative estimate of drug-likeness (QED) is 0.387. The van der Waals surface area contributed by atoms with Crippen molar-refractivity contribution in [2.45, 2.75) is 41.7 Å². The van der Waals surface area contributed by atoms with Crippen LogP contribution in [0.15, 0.2) is 50.1 Å². The molecular formula is C19H16ClF4NO4S2. The van der Waals surface area contributed by atoms with E-state index in [1.54, 1.807) is 13.0 Å². The molecule has 0 spiro atoms. The van der Waals surface area contributed by atoms with Gasteiger partial charge in [-0.15, -0.1) is 11.3 Å². The van der Waals surface area contributed by atoms with E-state index in [1.807, 2.05) is 0 Å². The second-order valence-corrected chi connectivity index (χ2v) is 9.67. The van der Waals surface area contributed by atoms with E-state index in [0.29, 0.717) is 39.0 Å². The number of thioether (sulfide) groups is 1. The van der Waals surface area contributed by atoms with Crippen molar-refractivity contribution < 1.29 is 37.0 Å². The largest absolute Gasteiger partial charge is 0.496 e. The fraction of sp³-hybridized carbons (Fsp3) is 0.368. The molecule has 0 saturated carbocycles. The Morgan fingerprint density at radius 3 is 2.68 bits per heavy atom. The lowest BCUT2D eigenvalue weighted by Gasteiger charge is -2.29. The molecule has 31 heavy (non-hydrogen) atoms. The van der Waals surface area contributed by atoms with Crippen LogP contribution in [0, 0.1) is 0 Å². The van der Waals surface area contributed by atoms with E-state index in [1.165, 1.54) is 24.1 Å². The van der Waals surface area contributed by atoms with Gasteiger partial charge in [-0.25, -0.2) is 8.78 Å². The third-order valence-electron chi connectivity index (χ3n) is 4.79. The average Bonchev–Trinajstić information content (AvgIpc) is 3.23. The number of ether oxygens (including phenoxy) is 1. The molecule has 1 aliphatic heterocycles. The number of carboxylic acids is 1. The number of carbonyl (C=O) groups excluding carboxylic acids is 1. The molecule has 3 rings (SSSR count). The zero-order valence-electron chi connectivity index (χ0n) is 16.1. The first-order valence-corrected chi connectivity index (χ1v) is 10.8. The fourth-order valence-electron chi connectivity index (χ4n) is 3.43. The summed E-state index contributed by atoms with van der Waals surface area (Å²) in [7, 11) is 1.42. The van der Waals surface area contributed by atoms with Gasteiger partial charge in [0.2, 0.25) is 0 Å². The van der Waals surface area contributed by atoms with Gasteiger partial charge in [0, 0.05) is 12.1 Å². The van der Waals surface area contributed by atoms with Gasteiger partial charge in [-0.05, 0) is 48.0 Å². The van der Waals surface area contributed by atoms with Crippen LogP contribution in [-0.2, 0) is 9.53 Å². The fourth-order valence-corrected chi connectivity index (χ4v) is 5.65. The number of nitrogens with zero attached hydrogens (tertiary/aromatic N) is 1. The van der Waals surface area contributed by atoms with Crippen LogP contribution in [-0.4, -0.2) is 46.7 Å². The maximum Gasteiger partial charge on any atom is 0.358 e. The minimum absolute atomic E-state index is 0.0560. The maximum absolute atomic E-state index is 13.3. The first-order chi connectivity index (χ1) is 14.5. The van der Waals surface area contributed by atoms with Crippen LogP contribution in [0.2, 0.25) is 0 Å². The van der Waals surface area contributed by atoms with Gasteiger partial charge in [0.15, 0.2) is 0 Å². The number of hydrogen-bond acceptors (Lipinski definition) is 5. The third kappa shape index (κ3) is 4.63. The molecule has 1 amide bonds. The van der Waals surface area contributed by atoms with Crippen molar-refractivity contribution in [2.75, 3.05) is 7.11 Å². The molecule has 0 saturated heterocycles. The highest BCUT2D eigenvalue weighted by Gasteiger charge is 2.44. The van der Waals surface area contributed by atoms with Crippen molar-refractivity contribution in [3.63, 3.8) is 0 Å². The highest BCUT2D eigenvalue weighted by Crippen LogP contribution is 2.46. The van der Waals surface area contributed by atoms with Crippen LogP contribution in [0.25, 0.3) is 0 Å². The van der Waals surface area contributed by atoms with Crippen LogP contribution in [0.1, 0.15) is 29.4 Å². The average molecular weight is 498 g/mol. The summed E-state index contributed by atoms with van der Waals surface area (Å²) < 4.78 is 56.7. The molecule has 0 fully saturated rings. The van der Waals surface area contributed by atoms with Crippen molar-refractivity contribution in [3.05, 3.63) is 50.7 Å². The van der Waals surface area contributed by atoms with E-state index in [0.717, 1.165) is 0 Å². The lowest BCUT2D eigenvalue weighted by atomic mass is 9.92. The molecule has 0 bridgehead atoms. The van der Waals surface area contributed by atoms with E-state index in [-0.39, 0.29) is 33.7 Å². The number of allylic oxidation sites excluding steroid dienone is 2. The van der Waals surface area contributed by atoms with Crippen molar-refractivity contribution in [2.24, 2.45) is 0 Å². The summed E-state index contributed by atoms with van der Waals surface area (Å²) in [4.78, 5) is 26.0. The number of alkyl halides is 4. The highest BCUT2D eigenvalue weighted by atomic mass is 35.5. The molecule has 0 aromatic carbocycles. The lowest BCUT2D eigenvalue weighted by Crippen LogP contribution is -2.36. The van der Waals surface area contributed by atoms with Crippen molar-refractivity contribution in [3.8, 4) is 0 Å². The van der Waals surface area contributed by atoms with Crippen molar-refractivity contribution in [1.29, 1.82) is 0 Å². The van der Waals surface area contributed by atoms with E-state index >= 15 is 0 Å². The van der Waals surface area contributed by atoms with Gasteiger partial charge >= 0.3 is 17.6 Å². The number of carbonyl (C=O) groups is 2. The normalized spacial score (nSPS) is 19.2. The van der Waals surface area contributed by atoms with Crippen molar-refractivity contribution in [1.82, 2.24) is 4.90 Å². The van der Waals surface area contributed by atoms with Crippen LogP contribution in [0.5, 0.6) is 0 Å². The van der Waals surface area contributed by atoms with Gasteiger partial charge < -0.3 is 14.7 Å². The van der Waals surface area contributed by atoms with Crippen LogP contribution >= 0.6 is 34.7 Å². The summed E-state index contributed by atoms with van der Waals surface area (Å²) in [6.07, 6.45) is -2.41. The third-order valence-corrected chi connectivity index (χ3v) is 7.29. The first kappa shape index (κ1) is 23.7. The zero-order chi connectivity index (χ0) is 23.1. The molecule has 1 atom stereocenters. The number of halogens is 5. The number of rotatable bonds is 7. The molecular weight excluding hydrogens is 482 g/mol. The lowest BCUT2D eigenvalue weighted by molar-refractivity contribution is -0.136. The number of aliphatic carboxylic acids is 1. The van der Waals surface area contributed by atoms with Gasteiger partial charge in [0.1, 0.15) is 5.76 Å². The SMILES string of the molecule is COC1=C(Cl)CC2C(=C1)C(CC(=O)O)=C(C)N2C(=O)c1ccc(SC(F)(F)C(F)F)s1. The van der Waals surface area contributed by atoms with Gasteiger partial charge in [0.05, 0.1) is 33.7 Å². The number of hydrogen-bond donors (Lipinski definition) is 1. The summed E-state index contributed by atoms with van der Waals surface area (Å²) in [5.74, 6) is -1.29. The summed E-state index contributed by atoms with van der Waals surface area (Å²) in [6, 6.07) is 1.87. The molecule has 0 radical (unpaired) electrons. The van der Waals surface area contributed by atoms with E-state index < -0.39 is 29.6 Å². The van der Waals surface area contributed by atoms with E-state index in [2.05, 4.69) is 0 Å². The Labute approximate surface area is 188 Å². The van der Waals surface area contributed by atoms with Gasteiger partial charge in [-0.2, -0.15) is 8.78 Å². The van der Waals surface area contributed by atoms with Crippen LogP contribution in [0.4, 0.5) is 17.6 Å². The predicted octanol–water partition coefficient (Wildman–Crippen LogP) is 5.70. The molecule has 1 aromatic rings.